The van der Waals surface area contributed by atoms with E-state index in [0.717, 1.165) is 17.5 Å². The zero-order chi connectivity index (χ0) is 20.1. The summed E-state index contributed by atoms with van der Waals surface area (Å²) in [5.41, 5.74) is 1.87. The molecule has 4 heteroatoms. The van der Waals surface area contributed by atoms with Crippen LogP contribution in [0, 0.1) is 0 Å². The van der Waals surface area contributed by atoms with Crippen molar-refractivity contribution < 1.29 is 14.6 Å². The molecule has 0 atom stereocenters. The van der Waals surface area contributed by atoms with E-state index < -0.39 is 11.6 Å². The second-order valence-electron chi connectivity index (χ2n) is 6.99. The highest BCUT2D eigenvalue weighted by Gasteiger charge is 2.45. The molecule has 1 aliphatic rings. The number of ether oxygens (including phenoxy) is 1. The molecule has 3 aromatic carbocycles. The molecule has 1 N–H and O–H groups in total. The van der Waals surface area contributed by atoms with Crippen molar-refractivity contribution in [2.24, 2.45) is 0 Å². The molecule has 3 nitrogen and oxygen atoms in total. The van der Waals surface area contributed by atoms with Gasteiger partial charge in [-0.3, -0.25) is 0 Å². The molecule has 0 aliphatic carbocycles. The first-order valence-corrected chi connectivity index (χ1v) is 10.6. The van der Waals surface area contributed by atoms with Crippen LogP contribution in [0.3, 0.4) is 0 Å². The number of hydrogen-bond donors (Lipinski definition) is 1. The van der Waals surface area contributed by atoms with Gasteiger partial charge in [-0.05, 0) is 12.0 Å². The minimum Gasteiger partial charge on any atom is -0.511 e. The number of cyclic esters (lactones) is 1. The Balaban J connectivity index is 1.61. The van der Waals surface area contributed by atoms with Gasteiger partial charge in [0.05, 0.1) is 6.42 Å². The zero-order valence-corrected chi connectivity index (χ0v) is 16.8. The number of rotatable bonds is 6. The van der Waals surface area contributed by atoms with Crippen molar-refractivity contribution in [1.82, 2.24) is 0 Å². The molecule has 1 heterocycles. The molecule has 0 fully saturated rings. The van der Waals surface area contributed by atoms with Crippen LogP contribution in [-0.2, 0) is 21.6 Å². The van der Waals surface area contributed by atoms with Gasteiger partial charge < -0.3 is 9.84 Å². The zero-order valence-electron chi connectivity index (χ0n) is 16.0. The number of hydrogen-bond acceptors (Lipinski definition) is 4. The van der Waals surface area contributed by atoms with Crippen molar-refractivity contribution in [1.29, 1.82) is 0 Å². The summed E-state index contributed by atoms with van der Waals surface area (Å²) in [5.74, 6) is 0.314. The van der Waals surface area contributed by atoms with Crippen LogP contribution in [0.2, 0.25) is 0 Å². The summed E-state index contributed by atoms with van der Waals surface area (Å²) >= 11 is 1.35. The molecule has 0 amide bonds. The maximum Gasteiger partial charge on any atom is 0.349 e. The molecule has 0 bridgehead atoms. The number of thioether (sulfide) groups is 1. The van der Waals surface area contributed by atoms with Gasteiger partial charge in [-0.2, -0.15) is 0 Å². The van der Waals surface area contributed by atoms with Crippen LogP contribution in [0.5, 0.6) is 0 Å². The quantitative estimate of drug-likeness (QED) is 0.544. The van der Waals surface area contributed by atoms with Gasteiger partial charge in [-0.15, -0.1) is 11.8 Å². The van der Waals surface area contributed by atoms with Crippen LogP contribution in [0.1, 0.15) is 23.1 Å². The first-order valence-electron chi connectivity index (χ1n) is 9.62. The predicted molar refractivity (Wildman–Crippen MR) is 117 cm³/mol. The van der Waals surface area contributed by atoms with Gasteiger partial charge in [-0.25, -0.2) is 4.79 Å². The van der Waals surface area contributed by atoms with Crippen molar-refractivity contribution in [3.63, 3.8) is 0 Å². The molecule has 0 saturated heterocycles. The fraction of sp³-hybridized carbons (Fsp3) is 0.160. The van der Waals surface area contributed by atoms with E-state index in [4.69, 9.17) is 4.74 Å². The van der Waals surface area contributed by atoms with E-state index in [1.54, 1.807) is 0 Å². The standard InChI is InChI=1S/C25H22O3S/c26-22-18-25(20-12-6-2-7-13-20,21-14-8-3-9-15-21)28-24(27)23(22)29-17-16-19-10-4-1-5-11-19/h1-15,26H,16-18H2. The van der Waals surface area contributed by atoms with E-state index in [-0.39, 0.29) is 12.2 Å². The smallest absolute Gasteiger partial charge is 0.349 e. The Morgan fingerprint density at radius 3 is 1.86 bits per heavy atom. The largest absolute Gasteiger partial charge is 0.511 e. The molecule has 0 aromatic heterocycles. The maximum absolute atomic E-state index is 12.9. The van der Waals surface area contributed by atoms with Gasteiger partial charge in [0, 0.05) is 16.9 Å². The van der Waals surface area contributed by atoms with Crippen molar-refractivity contribution in [3.8, 4) is 0 Å². The number of aliphatic hydroxyl groups excluding tert-OH is 1. The fourth-order valence-electron chi connectivity index (χ4n) is 3.64. The molecule has 4 rings (SSSR count). The number of benzene rings is 3. The number of carbonyl (C=O) groups is 1. The molecule has 3 aromatic rings. The number of carbonyl (C=O) groups excluding carboxylic acids is 1. The first-order chi connectivity index (χ1) is 14.2. The van der Waals surface area contributed by atoms with E-state index in [2.05, 4.69) is 12.1 Å². The monoisotopic (exact) mass is 402 g/mol. The highest BCUT2D eigenvalue weighted by Crippen LogP contribution is 2.45. The Hall–Kier alpha value is -2.98. The van der Waals surface area contributed by atoms with Gasteiger partial charge in [0.25, 0.3) is 0 Å². The van der Waals surface area contributed by atoms with E-state index in [0.29, 0.717) is 10.7 Å². The lowest BCUT2D eigenvalue weighted by atomic mass is 9.81. The second kappa shape index (κ2) is 8.58. The van der Waals surface area contributed by atoms with Gasteiger partial charge in [0.2, 0.25) is 0 Å². The third kappa shape index (κ3) is 4.08. The highest BCUT2D eigenvalue weighted by atomic mass is 32.2. The average Bonchev–Trinajstić information content (AvgIpc) is 2.77. The summed E-state index contributed by atoms with van der Waals surface area (Å²) in [6, 6.07) is 29.3. The molecular formula is C25H22O3S. The lowest BCUT2D eigenvalue weighted by Gasteiger charge is -2.37. The van der Waals surface area contributed by atoms with Crippen molar-refractivity contribution in [2.45, 2.75) is 18.4 Å². The van der Waals surface area contributed by atoms with E-state index >= 15 is 0 Å². The molecule has 146 valence electrons. The molecule has 1 aliphatic heterocycles. The van der Waals surface area contributed by atoms with Crippen molar-refractivity contribution >= 4 is 17.7 Å². The summed E-state index contributed by atoms with van der Waals surface area (Å²) in [4.78, 5) is 13.3. The SMILES string of the molecule is O=C1OC(c2ccccc2)(c2ccccc2)CC(O)=C1SCCc1ccccc1. The molecule has 0 saturated carbocycles. The van der Waals surface area contributed by atoms with Crippen LogP contribution in [-0.4, -0.2) is 16.8 Å². The summed E-state index contributed by atoms with van der Waals surface area (Å²) < 4.78 is 6.05. The third-order valence-corrected chi connectivity index (χ3v) is 6.19. The lowest BCUT2D eigenvalue weighted by molar-refractivity contribution is -0.154. The fourth-order valence-corrected chi connectivity index (χ4v) is 4.58. The van der Waals surface area contributed by atoms with Crippen LogP contribution in [0.15, 0.2) is 102 Å². The molecule has 29 heavy (non-hydrogen) atoms. The minimum atomic E-state index is -1.02. The Morgan fingerprint density at radius 2 is 1.34 bits per heavy atom. The summed E-state index contributed by atoms with van der Waals surface area (Å²) in [6.07, 6.45) is 1.04. The first kappa shape index (κ1) is 19.3. The summed E-state index contributed by atoms with van der Waals surface area (Å²) in [6.45, 7) is 0. The molecule has 0 spiro atoms. The van der Waals surface area contributed by atoms with E-state index in [9.17, 15) is 9.90 Å². The van der Waals surface area contributed by atoms with Crippen molar-refractivity contribution in [2.75, 3.05) is 5.75 Å². The Morgan fingerprint density at radius 1 is 0.828 bits per heavy atom. The average molecular weight is 403 g/mol. The second-order valence-corrected chi connectivity index (χ2v) is 8.09. The number of esters is 1. The number of aliphatic hydroxyl groups is 1. The molecular weight excluding hydrogens is 380 g/mol. The lowest BCUT2D eigenvalue weighted by Crippen LogP contribution is -2.38. The van der Waals surface area contributed by atoms with Crippen LogP contribution in [0.25, 0.3) is 0 Å². The normalized spacial score (nSPS) is 15.8. The number of aryl methyl sites for hydroxylation is 1. The van der Waals surface area contributed by atoms with Gasteiger partial charge >= 0.3 is 5.97 Å². The predicted octanol–water partition coefficient (Wildman–Crippen LogP) is 5.62. The third-order valence-electron chi connectivity index (χ3n) is 5.09. The highest BCUT2D eigenvalue weighted by molar-refractivity contribution is 8.04. The molecule has 0 radical (unpaired) electrons. The van der Waals surface area contributed by atoms with E-state index in [1.807, 2.05) is 78.9 Å². The van der Waals surface area contributed by atoms with Gasteiger partial charge in [0.15, 0.2) is 5.60 Å². The van der Waals surface area contributed by atoms with Crippen LogP contribution < -0.4 is 0 Å². The van der Waals surface area contributed by atoms with Crippen molar-refractivity contribution in [3.05, 3.63) is 118 Å². The maximum atomic E-state index is 12.9. The Labute approximate surface area is 175 Å². The van der Waals surface area contributed by atoms with Gasteiger partial charge in [-0.1, -0.05) is 91.0 Å². The van der Waals surface area contributed by atoms with Gasteiger partial charge in [0.1, 0.15) is 10.7 Å². The Kier molecular flexibility index (Phi) is 5.72. The topological polar surface area (TPSA) is 46.5 Å². The molecule has 0 unspecified atom stereocenters. The summed E-state index contributed by atoms with van der Waals surface area (Å²) in [5, 5.41) is 10.9. The van der Waals surface area contributed by atoms with E-state index in [1.165, 1.54) is 17.3 Å². The minimum absolute atomic E-state index is 0.0898. The van der Waals surface area contributed by atoms with Crippen LogP contribution >= 0.6 is 11.8 Å². The Bertz CT molecular complexity index is 959. The summed E-state index contributed by atoms with van der Waals surface area (Å²) in [7, 11) is 0. The van der Waals surface area contributed by atoms with Crippen LogP contribution in [0.4, 0.5) is 0 Å².